The van der Waals surface area contributed by atoms with E-state index in [0.717, 1.165) is 18.7 Å². The van der Waals surface area contributed by atoms with Crippen LogP contribution in [0.15, 0.2) is 36.5 Å². The average Bonchev–Trinajstić information content (AvgIpc) is 2.96. The lowest BCUT2D eigenvalue weighted by Gasteiger charge is -2.29. The molecule has 0 saturated heterocycles. The summed E-state index contributed by atoms with van der Waals surface area (Å²) in [4.78, 5) is 14.4. The minimum atomic E-state index is -0.338. The van der Waals surface area contributed by atoms with Gasteiger partial charge in [-0.1, -0.05) is 0 Å². The van der Waals surface area contributed by atoms with Gasteiger partial charge in [-0.2, -0.15) is 5.10 Å². The Morgan fingerprint density at radius 2 is 2.12 bits per heavy atom. The van der Waals surface area contributed by atoms with Gasteiger partial charge in [0.1, 0.15) is 11.6 Å². The molecule has 1 unspecified atom stereocenters. The normalized spacial score (nSPS) is 17.2. The highest BCUT2D eigenvalue weighted by Crippen LogP contribution is 2.18. The van der Waals surface area contributed by atoms with Crippen LogP contribution >= 0.6 is 0 Å². The van der Waals surface area contributed by atoms with Crippen LogP contribution in [0.4, 0.5) is 4.39 Å². The van der Waals surface area contributed by atoms with Gasteiger partial charge in [0.05, 0.1) is 24.9 Å². The van der Waals surface area contributed by atoms with E-state index >= 15 is 0 Å². The molecule has 2 heterocycles. The molecule has 6 nitrogen and oxygen atoms in total. The molecule has 0 aliphatic carbocycles. The number of aromatic nitrogens is 2. The number of aryl methyl sites for hydroxylation is 1. The minimum Gasteiger partial charge on any atom is -0.484 e. The van der Waals surface area contributed by atoms with E-state index in [0.29, 0.717) is 18.9 Å². The van der Waals surface area contributed by atoms with Crippen LogP contribution in [-0.2, 0) is 22.6 Å². The van der Waals surface area contributed by atoms with Crippen molar-refractivity contribution in [2.75, 3.05) is 20.3 Å². The van der Waals surface area contributed by atoms with Gasteiger partial charge in [-0.25, -0.2) is 4.39 Å². The second-order valence-corrected chi connectivity index (χ2v) is 5.71. The number of methoxy groups -OCH3 is 1. The molecule has 24 heavy (non-hydrogen) atoms. The predicted molar refractivity (Wildman–Crippen MR) is 85.0 cm³/mol. The van der Waals surface area contributed by atoms with Crippen molar-refractivity contribution < 1.29 is 18.7 Å². The van der Waals surface area contributed by atoms with Gasteiger partial charge in [0.15, 0.2) is 6.61 Å². The Hall–Kier alpha value is -2.41. The number of hydrogen-bond donors (Lipinski definition) is 0. The Morgan fingerprint density at radius 1 is 1.33 bits per heavy atom. The van der Waals surface area contributed by atoms with Gasteiger partial charge in [-0.15, -0.1) is 0 Å². The molecule has 0 radical (unpaired) electrons. The van der Waals surface area contributed by atoms with Crippen molar-refractivity contribution in [1.82, 2.24) is 14.7 Å². The fraction of sp³-hybridized carbons (Fsp3) is 0.412. The number of carbonyl (C=O) groups is 1. The summed E-state index contributed by atoms with van der Waals surface area (Å²) in [5.41, 5.74) is 0.990. The number of rotatable bonds is 5. The van der Waals surface area contributed by atoms with Crippen molar-refractivity contribution in [2.24, 2.45) is 0 Å². The number of amides is 1. The number of benzene rings is 1. The molecule has 0 bridgehead atoms. The molecule has 0 N–H and O–H groups in total. The summed E-state index contributed by atoms with van der Waals surface area (Å²) in [5, 5.41) is 4.28. The van der Waals surface area contributed by atoms with E-state index in [4.69, 9.17) is 9.47 Å². The van der Waals surface area contributed by atoms with Crippen molar-refractivity contribution in [3.8, 4) is 5.75 Å². The molecular weight excluding hydrogens is 313 g/mol. The maximum atomic E-state index is 12.9. The number of halogens is 1. The van der Waals surface area contributed by atoms with E-state index in [1.165, 1.54) is 24.3 Å². The monoisotopic (exact) mass is 333 g/mol. The zero-order chi connectivity index (χ0) is 16.9. The van der Waals surface area contributed by atoms with E-state index < -0.39 is 0 Å². The lowest BCUT2D eigenvalue weighted by molar-refractivity contribution is -0.137. The van der Waals surface area contributed by atoms with Gasteiger partial charge < -0.3 is 14.4 Å². The number of fused-ring (bicyclic) bond motifs is 1. The van der Waals surface area contributed by atoms with Gasteiger partial charge in [0.2, 0.25) is 0 Å². The van der Waals surface area contributed by atoms with Crippen molar-refractivity contribution in [2.45, 2.75) is 25.6 Å². The first-order valence-corrected chi connectivity index (χ1v) is 7.85. The highest BCUT2D eigenvalue weighted by molar-refractivity contribution is 5.78. The summed E-state index contributed by atoms with van der Waals surface area (Å²) in [6.45, 7) is 1.59. The molecule has 3 rings (SSSR count). The third-order valence-electron chi connectivity index (χ3n) is 4.11. The zero-order valence-electron chi connectivity index (χ0n) is 13.5. The Morgan fingerprint density at radius 3 is 2.88 bits per heavy atom. The van der Waals surface area contributed by atoms with Crippen LogP contribution in [0.5, 0.6) is 5.75 Å². The van der Waals surface area contributed by atoms with Crippen molar-refractivity contribution >= 4 is 5.91 Å². The molecule has 0 saturated carbocycles. The Kier molecular flexibility index (Phi) is 5.10. The molecule has 0 spiro atoms. The number of carbonyl (C=O) groups excluding carboxylic acids is 1. The summed E-state index contributed by atoms with van der Waals surface area (Å²) >= 11 is 0. The highest BCUT2D eigenvalue weighted by Gasteiger charge is 2.28. The molecule has 1 atom stereocenters. The molecular formula is C17H20FN3O3. The highest BCUT2D eigenvalue weighted by atomic mass is 19.1. The summed E-state index contributed by atoms with van der Waals surface area (Å²) in [6, 6.07) is 7.51. The van der Waals surface area contributed by atoms with Crippen LogP contribution in [0.1, 0.15) is 12.1 Å². The van der Waals surface area contributed by atoms with E-state index in [1.807, 2.05) is 10.7 Å². The first-order chi connectivity index (χ1) is 11.7. The molecule has 1 aliphatic rings. The van der Waals surface area contributed by atoms with Crippen molar-refractivity contribution in [1.29, 1.82) is 0 Å². The molecule has 1 aliphatic heterocycles. The third kappa shape index (κ3) is 3.73. The predicted octanol–water partition coefficient (Wildman–Crippen LogP) is 1.85. The largest absolute Gasteiger partial charge is 0.484 e. The number of nitrogens with zero attached hydrogens (tertiary/aromatic N) is 3. The van der Waals surface area contributed by atoms with Gasteiger partial charge in [-0.3, -0.25) is 9.48 Å². The lowest BCUT2D eigenvalue weighted by atomic mass is 10.2. The van der Waals surface area contributed by atoms with Crippen molar-refractivity contribution in [3.05, 3.63) is 48.0 Å². The second kappa shape index (κ2) is 7.44. The topological polar surface area (TPSA) is 56.6 Å². The average molecular weight is 333 g/mol. The van der Waals surface area contributed by atoms with Gasteiger partial charge in [0, 0.05) is 19.9 Å². The Labute approximate surface area is 139 Å². The molecule has 7 heteroatoms. The summed E-state index contributed by atoms with van der Waals surface area (Å²) < 4.78 is 25.6. The summed E-state index contributed by atoms with van der Waals surface area (Å²) in [6.07, 6.45) is 2.51. The lowest BCUT2D eigenvalue weighted by Crippen LogP contribution is -2.44. The van der Waals surface area contributed by atoms with Crippen molar-refractivity contribution in [3.63, 3.8) is 0 Å². The van der Waals surface area contributed by atoms with Crippen LogP contribution in [0.3, 0.4) is 0 Å². The number of ether oxygens (including phenoxy) is 2. The maximum Gasteiger partial charge on any atom is 0.261 e. The van der Waals surface area contributed by atoms with Crippen LogP contribution in [0.2, 0.25) is 0 Å². The molecule has 0 fully saturated rings. The first kappa shape index (κ1) is 16.4. The van der Waals surface area contributed by atoms with Crippen LogP contribution < -0.4 is 4.74 Å². The maximum absolute atomic E-state index is 12.9. The number of hydrogen-bond acceptors (Lipinski definition) is 4. The van der Waals surface area contributed by atoms with Gasteiger partial charge >= 0.3 is 0 Å². The quantitative estimate of drug-likeness (QED) is 0.838. The van der Waals surface area contributed by atoms with E-state index in [9.17, 15) is 9.18 Å². The Balaban J connectivity index is 1.68. The minimum absolute atomic E-state index is 0.0268. The van der Waals surface area contributed by atoms with Gasteiger partial charge in [-0.05, 0) is 36.8 Å². The summed E-state index contributed by atoms with van der Waals surface area (Å²) in [7, 11) is 1.63. The fourth-order valence-corrected chi connectivity index (χ4v) is 2.84. The Bertz CT molecular complexity index is 687. The molecule has 2 aromatic rings. The van der Waals surface area contributed by atoms with Crippen LogP contribution in [0, 0.1) is 5.82 Å². The van der Waals surface area contributed by atoms with Crippen LogP contribution in [0.25, 0.3) is 0 Å². The van der Waals surface area contributed by atoms with E-state index in [-0.39, 0.29) is 24.4 Å². The second-order valence-electron chi connectivity index (χ2n) is 5.71. The SMILES string of the molecule is COCC1CCn2nccc2CN1C(=O)COc1ccc(F)cc1. The standard InChI is InChI=1S/C17H20FN3O3/c1-23-11-15-7-9-21-14(6-8-19-21)10-20(15)17(22)12-24-16-4-2-13(18)3-5-16/h2-6,8,15H,7,9-12H2,1H3. The van der Waals surface area contributed by atoms with Crippen LogP contribution in [-0.4, -0.2) is 47.0 Å². The van der Waals surface area contributed by atoms with E-state index in [2.05, 4.69) is 5.10 Å². The van der Waals surface area contributed by atoms with E-state index in [1.54, 1.807) is 18.2 Å². The van der Waals surface area contributed by atoms with Gasteiger partial charge in [0.25, 0.3) is 5.91 Å². The summed E-state index contributed by atoms with van der Waals surface area (Å²) in [5.74, 6) is -0.00135. The molecule has 1 aromatic heterocycles. The molecule has 1 aromatic carbocycles. The fourth-order valence-electron chi connectivity index (χ4n) is 2.84. The third-order valence-corrected chi connectivity index (χ3v) is 4.11. The molecule has 128 valence electrons. The molecule has 1 amide bonds. The first-order valence-electron chi connectivity index (χ1n) is 7.85. The smallest absolute Gasteiger partial charge is 0.261 e. The zero-order valence-corrected chi connectivity index (χ0v) is 13.5.